The zero-order valence-corrected chi connectivity index (χ0v) is 24.8. The molecule has 0 aliphatic carbocycles. The number of ether oxygens (including phenoxy) is 1. The highest BCUT2D eigenvalue weighted by atomic mass is 19.1. The maximum Gasteiger partial charge on any atom is 0.319 e. The van der Waals surface area contributed by atoms with Gasteiger partial charge in [-0.2, -0.15) is 9.97 Å². The fourth-order valence-corrected chi connectivity index (χ4v) is 8.29. The zero-order valence-electron chi connectivity index (χ0n) is 24.8. The first-order valence-corrected chi connectivity index (χ1v) is 15.8. The van der Waals surface area contributed by atoms with E-state index in [1.807, 2.05) is 13.0 Å². The Bertz CT molecular complexity index is 1780. The smallest absolute Gasteiger partial charge is 0.319 e. The van der Waals surface area contributed by atoms with Crippen molar-refractivity contribution in [2.75, 3.05) is 37.7 Å². The first-order valence-electron chi connectivity index (χ1n) is 15.8. The molecule has 2 N–H and O–H groups in total. The van der Waals surface area contributed by atoms with E-state index in [0.717, 1.165) is 45.3 Å². The number of hydrogen-bond acceptors (Lipinski definition) is 7. The number of fused-ring (bicyclic) bond motifs is 6. The molecule has 3 aromatic carbocycles. The van der Waals surface area contributed by atoms with Crippen LogP contribution in [0.3, 0.4) is 0 Å². The molecule has 2 bridgehead atoms. The van der Waals surface area contributed by atoms with Crippen molar-refractivity contribution in [1.29, 1.82) is 0 Å². The number of piperazine rings is 1. The summed E-state index contributed by atoms with van der Waals surface area (Å²) in [4.78, 5) is 13.9. The number of benzene rings is 3. The van der Waals surface area contributed by atoms with Crippen LogP contribution in [0.1, 0.15) is 44.6 Å². The van der Waals surface area contributed by atoms with Crippen LogP contribution in [0.2, 0.25) is 0 Å². The number of rotatable bonds is 6. The molecule has 10 heteroatoms. The van der Waals surface area contributed by atoms with Crippen LogP contribution in [-0.4, -0.2) is 76.6 Å². The van der Waals surface area contributed by atoms with Gasteiger partial charge in [-0.1, -0.05) is 19.1 Å². The Morgan fingerprint density at radius 1 is 1.09 bits per heavy atom. The summed E-state index contributed by atoms with van der Waals surface area (Å²) < 4.78 is 52.6. The third-order valence-electron chi connectivity index (χ3n) is 10.4. The fourth-order valence-electron chi connectivity index (χ4n) is 8.29. The second-order valence-corrected chi connectivity index (χ2v) is 13.0. The predicted octanol–water partition coefficient (Wildman–Crippen LogP) is 5.89. The van der Waals surface area contributed by atoms with E-state index in [2.05, 4.69) is 20.1 Å². The Balaban J connectivity index is 1.28. The molecule has 5 aliphatic rings. The molecule has 5 aliphatic heterocycles. The van der Waals surface area contributed by atoms with Gasteiger partial charge in [-0.3, -0.25) is 4.90 Å². The third-order valence-corrected chi connectivity index (χ3v) is 10.4. The van der Waals surface area contributed by atoms with Crippen LogP contribution in [0.25, 0.3) is 32.8 Å². The molecule has 0 radical (unpaired) electrons. The number of phenols is 1. The van der Waals surface area contributed by atoms with Crippen molar-refractivity contribution in [2.24, 2.45) is 0 Å². The predicted molar refractivity (Wildman–Crippen MR) is 164 cm³/mol. The minimum absolute atomic E-state index is 0.0343. The second-order valence-electron chi connectivity index (χ2n) is 13.0. The van der Waals surface area contributed by atoms with Crippen molar-refractivity contribution in [3.8, 4) is 22.9 Å². The summed E-state index contributed by atoms with van der Waals surface area (Å²) in [5.74, 6) is -0.360. The molecule has 6 heterocycles. The number of halogens is 3. The lowest BCUT2D eigenvalue weighted by Crippen LogP contribution is -2.61. The van der Waals surface area contributed by atoms with Gasteiger partial charge in [0, 0.05) is 49.1 Å². The van der Waals surface area contributed by atoms with Gasteiger partial charge in [0.15, 0.2) is 5.82 Å². The third kappa shape index (κ3) is 4.40. The number of aromatic nitrogens is 2. The molecule has 7 nitrogen and oxygen atoms in total. The first kappa shape index (κ1) is 27.9. The number of aromatic hydroxyl groups is 1. The lowest BCUT2D eigenvalue weighted by atomic mass is 9.91. The Labute approximate surface area is 254 Å². The molecule has 4 atom stereocenters. The van der Waals surface area contributed by atoms with Crippen LogP contribution in [0.4, 0.5) is 19.0 Å². The van der Waals surface area contributed by atoms with E-state index in [4.69, 9.17) is 9.72 Å². The number of hydrogen-bond donors (Lipinski definition) is 2. The average Bonchev–Trinajstić information content (AvgIpc) is 3.56. The molecule has 0 saturated carbocycles. The van der Waals surface area contributed by atoms with Crippen LogP contribution in [-0.2, 0) is 6.42 Å². The normalized spacial score (nSPS) is 26.6. The van der Waals surface area contributed by atoms with Crippen LogP contribution in [0.15, 0.2) is 36.4 Å². The maximum absolute atomic E-state index is 16.9. The molecule has 44 heavy (non-hydrogen) atoms. The summed E-state index contributed by atoms with van der Waals surface area (Å²) in [7, 11) is 0. The summed E-state index contributed by atoms with van der Waals surface area (Å²) in [5.41, 5.74) is 0.795. The molecule has 5 saturated heterocycles. The number of alkyl halides is 1. The maximum atomic E-state index is 16.9. The van der Waals surface area contributed by atoms with Crippen molar-refractivity contribution < 1.29 is 23.0 Å². The van der Waals surface area contributed by atoms with Gasteiger partial charge in [0.25, 0.3) is 0 Å². The van der Waals surface area contributed by atoms with E-state index in [9.17, 15) is 13.9 Å². The molecule has 9 rings (SSSR count). The number of anilines is 1. The standard InChI is InChI=1S/C34H36F3N5O2/c1-2-24-28(36)9-4-19-12-23(43)13-27(29(19)24)25-7-8-26-31(30(25)37)39-33(40-32(26)42-17-21-5-6-22(42)15-38-21)44-18-34-10-3-11-41(34)16-20(35)14-34/h4,7-9,12-13,20-22,38,43H,2-3,5-6,10-11,14-18H2,1H3/t20-,21+,22?,34+/m1/s1. The van der Waals surface area contributed by atoms with Crippen LogP contribution < -0.4 is 15.0 Å². The monoisotopic (exact) mass is 603 g/mol. The van der Waals surface area contributed by atoms with Gasteiger partial charge < -0.3 is 20.1 Å². The molecular formula is C34H36F3N5O2. The number of nitrogens with one attached hydrogen (secondary N) is 1. The summed E-state index contributed by atoms with van der Waals surface area (Å²) in [5, 5.41) is 15.9. The highest BCUT2D eigenvalue weighted by molar-refractivity contribution is 6.03. The number of aryl methyl sites for hydroxylation is 1. The van der Waals surface area contributed by atoms with E-state index in [-0.39, 0.29) is 41.3 Å². The average molecular weight is 604 g/mol. The Morgan fingerprint density at radius 2 is 1.98 bits per heavy atom. The van der Waals surface area contributed by atoms with Gasteiger partial charge in [-0.25, -0.2) is 13.2 Å². The fraction of sp³-hybridized carbons (Fsp3) is 0.471. The van der Waals surface area contributed by atoms with Gasteiger partial charge in [0.05, 0.1) is 5.54 Å². The molecule has 0 amide bonds. The summed E-state index contributed by atoms with van der Waals surface area (Å²) >= 11 is 0. The van der Waals surface area contributed by atoms with Crippen LogP contribution in [0, 0.1) is 11.6 Å². The number of phenolic OH excluding ortho intramolecular Hbond substituents is 1. The van der Waals surface area contributed by atoms with Gasteiger partial charge in [0.2, 0.25) is 0 Å². The van der Waals surface area contributed by atoms with E-state index in [0.29, 0.717) is 58.5 Å². The largest absolute Gasteiger partial charge is 0.508 e. The summed E-state index contributed by atoms with van der Waals surface area (Å²) in [6.07, 6.45) is 3.85. The molecule has 5 fully saturated rings. The van der Waals surface area contributed by atoms with E-state index >= 15 is 4.39 Å². The van der Waals surface area contributed by atoms with Crippen molar-refractivity contribution in [1.82, 2.24) is 20.2 Å². The Morgan fingerprint density at radius 3 is 2.75 bits per heavy atom. The quantitative estimate of drug-likeness (QED) is 0.285. The van der Waals surface area contributed by atoms with Crippen molar-refractivity contribution in [3.05, 3.63) is 53.6 Å². The highest BCUT2D eigenvalue weighted by Crippen LogP contribution is 2.43. The lowest BCUT2D eigenvalue weighted by molar-refractivity contribution is 0.107. The van der Waals surface area contributed by atoms with Crippen LogP contribution >= 0.6 is 0 Å². The molecule has 230 valence electrons. The summed E-state index contributed by atoms with van der Waals surface area (Å²) in [6, 6.07) is 10.2. The minimum atomic E-state index is -0.890. The van der Waals surface area contributed by atoms with E-state index in [1.165, 1.54) is 12.1 Å². The minimum Gasteiger partial charge on any atom is -0.508 e. The van der Waals surface area contributed by atoms with E-state index < -0.39 is 17.5 Å². The second kappa shape index (κ2) is 10.5. The molecule has 4 aromatic rings. The zero-order chi connectivity index (χ0) is 30.2. The van der Waals surface area contributed by atoms with E-state index in [1.54, 1.807) is 18.2 Å². The first-order chi connectivity index (χ1) is 21.3. The Hall–Kier alpha value is -3.63. The van der Waals surface area contributed by atoms with Gasteiger partial charge in [-0.15, -0.1) is 0 Å². The number of nitrogens with zero attached hydrogens (tertiary/aromatic N) is 4. The lowest BCUT2D eigenvalue weighted by Gasteiger charge is -2.46. The Kier molecular flexibility index (Phi) is 6.64. The van der Waals surface area contributed by atoms with Crippen molar-refractivity contribution in [2.45, 2.75) is 69.2 Å². The van der Waals surface area contributed by atoms with Crippen molar-refractivity contribution >= 4 is 27.5 Å². The van der Waals surface area contributed by atoms with Gasteiger partial charge in [0.1, 0.15) is 35.7 Å². The highest BCUT2D eigenvalue weighted by Gasteiger charge is 2.49. The van der Waals surface area contributed by atoms with Crippen molar-refractivity contribution in [3.63, 3.8) is 0 Å². The number of piperidine rings is 2. The molecule has 1 aromatic heterocycles. The molecule has 1 unspecified atom stereocenters. The van der Waals surface area contributed by atoms with Crippen LogP contribution in [0.5, 0.6) is 11.8 Å². The molecule has 0 spiro atoms. The van der Waals surface area contributed by atoms with Gasteiger partial charge >= 0.3 is 6.01 Å². The molecular weight excluding hydrogens is 567 g/mol. The topological polar surface area (TPSA) is 73.8 Å². The SMILES string of the molecule is CCc1c(F)ccc2cc(O)cc(-c3ccc4c(N5C[C@@H]6CCC5CN6)nc(OC[C@@]56CCCN5C[C@H](F)C6)nc4c3F)c12. The summed E-state index contributed by atoms with van der Waals surface area (Å²) in [6.45, 7) is 4.92. The van der Waals surface area contributed by atoms with Gasteiger partial charge in [-0.05, 0) is 84.8 Å².